The molecule has 0 fully saturated rings. The topological polar surface area (TPSA) is 41.5 Å². The average Bonchev–Trinajstić information content (AvgIpc) is 2.49. The van der Waals surface area contributed by atoms with E-state index in [9.17, 15) is 5.11 Å². The molecule has 112 valence electrons. The zero-order valence-corrected chi connectivity index (χ0v) is 12.7. The molecule has 0 spiro atoms. The minimum atomic E-state index is 0.315. The fourth-order valence-electron chi connectivity index (χ4n) is 2.25. The van der Waals surface area contributed by atoms with Crippen LogP contribution in [-0.4, -0.2) is 17.8 Å². The van der Waals surface area contributed by atoms with Crippen molar-refractivity contribution >= 4 is 5.69 Å². The third kappa shape index (κ3) is 4.71. The van der Waals surface area contributed by atoms with E-state index < -0.39 is 0 Å². The van der Waals surface area contributed by atoms with E-state index in [2.05, 4.69) is 12.2 Å². The second-order valence-electron chi connectivity index (χ2n) is 5.18. The normalized spacial score (nSPS) is 11.9. The fraction of sp³-hybridized carbons (Fsp3) is 0.333. The molecule has 0 radical (unpaired) electrons. The number of phenols is 1. The highest BCUT2D eigenvalue weighted by Gasteiger charge is 2.07. The number of hydrogen-bond acceptors (Lipinski definition) is 3. The Morgan fingerprint density at radius 2 is 1.81 bits per heavy atom. The van der Waals surface area contributed by atoms with Crippen molar-refractivity contribution in [3.8, 4) is 11.5 Å². The van der Waals surface area contributed by atoms with Gasteiger partial charge in [0.25, 0.3) is 0 Å². The maximum atomic E-state index is 9.28. The number of benzene rings is 2. The number of rotatable bonds is 7. The first-order valence-corrected chi connectivity index (χ1v) is 7.45. The summed E-state index contributed by atoms with van der Waals surface area (Å²) in [7, 11) is 0. The highest BCUT2D eigenvalue weighted by Crippen LogP contribution is 2.25. The molecule has 1 unspecified atom stereocenters. The molecule has 3 nitrogen and oxygen atoms in total. The van der Waals surface area contributed by atoms with Gasteiger partial charge in [-0.2, -0.15) is 0 Å². The van der Waals surface area contributed by atoms with Crippen LogP contribution in [0, 0.1) is 0 Å². The Balaban J connectivity index is 1.89. The summed E-state index contributed by atoms with van der Waals surface area (Å²) >= 11 is 0. The lowest BCUT2D eigenvalue weighted by molar-refractivity contribution is 0.341. The Kier molecular flexibility index (Phi) is 5.50. The number of aromatic hydroxyl groups is 1. The molecule has 2 aromatic rings. The van der Waals surface area contributed by atoms with Crippen LogP contribution in [0.15, 0.2) is 48.5 Å². The second-order valence-corrected chi connectivity index (χ2v) is 5.18. The molecule has 0 saturated carbocycles. The summed E-state index contributed by atoms with van der Waals surface area (Å²) in [6.45, 7) is 4.83. The van der Waals surface area contributed by atoms with Crippen molar-refractivity contribution in [2.45, 2.75) is 32.7 Å². The molecule has 21 heavy (non-hydrogen) atoms. The second kappa shape index (κ2) is 7.58. The van der Waals surface area contributed by atoms with Gasteiger partial charge in [-0.15, -0.1) is 0 Å². The Hall–Kier alpha value is -2.16. The van der Waals surface area contributed by atoms with E-state index in [1.807, 2.05) is 43.3 Å². The van der Waals surface area contributed by atoms with Crippen LogP contribution in [0.2, 0.25) is 0 Å². The number of para-hydroxylation sites is 2. The number of aryl methyl sites for hydroxylation is 1. The van der Waals surface area contributed by atoms with Gasteiger partial charge in [0, 0.05) is 6.04 Å². The molecular weight excluding hydrogens is 262 g/mol. The minimum absolute atomic E-state index is 0.315. The van der Waals surface area contributed by atoms with Crippen LogP contribution in [0.3, 0.4) is 0 Å². The molecule has 0 aliphatic carbocycles. The molecule has 0 aromatic heterocycles. The van der Waals surface area contributed by atoms with Gasteiger partial charge in [-0.05, 0) is 56.5 Å². The summed E-state index contributed by atoms with van der Waals surface area (Å²) in [6.07, 6.45) is 2.00. The van der Waals surface area contributed by atoms with Crippen LogP contribution in [0.4, 0.5) is 5.69 Å². The fourth-order valence-corrected chi connectivity index (χ4v) is 2.25. The minimum Gasteiger partial charge on any atom is -0.508 e. The Bertz CT molecular complexity index is 551. The molecule has 0 heterocycles. The zero-order valence-electron chi connectivity index (χ0n) is 12.7. The summed E-state index contributed by atoms with van der Waals surface area (Å²) in [6, 6.07) is 15.8. The Morgan fingerprint density at radius 1 is 1.10 bits per heavy atom. The van der Waals surface area contributed by atoms with Gasteiger partial charge in [0.05, 0.1) is 12.3 Å². The summed E-state index contributed by atoms with van der Waals surface area (Å²) in [5, 5.41) is 12.8. The van der Waals surface area contributed by atoms with Crippen molar-refractivity contribution in [2.75, 3.05) is 11.9 Å². The maximum absolute atomic E-state index is 9.28. The summed E-state index contributed by atoms with van der Waals surface area (Å²) < 4.78 is 5.62. The van der Waals surface area contributed by atoms with Crippen LogP contribution < -0.4 is 10.1 Å². The molecular formula is C18H23NO2. The van der Waals surface area contributed by atoms with Crippen molar-refractivity contribution in [3.05, 3.63) is 54.1 Å². The molecule has 0 aliphatic rings. The molecule has 2 N–H and O–H groups in total. The van der Waals surface area contributed by atoms with Gasteiger partial charge < -0.3 is 15.2 Å². The van der Waals surface area contributed by atoms with E-state index >= 15 is 0 Å². The van der Waals surface area contributed by atoms with Crippen molar-refractivity contribution in [2.24, 2.45) is 0 Å². The lowest BCUT2D eigenvalue weighted by atomic mass is 10.1. The smallest absolute Gasteiger partial charge is 0.142 e. The van der Waals surface area contributed by atoms with Gasteiger partial charge in [-0.25, -0.2) is 0 Å². The Morgan fingerprint density at radius 3 is 2.52 bits per heavy atom. The molecule has 0 amide bonds. The first kappa shape index (κ1) is 15.2. The van der Waals surface area contributed by atoms with Crippen molar-refractivity contribution in [1.82, 2.24) is 0 Å². The molecule has 0 bridgehead atoms. The quantitative estimate of drug-likeness (QED) is 0.800. The third-order valence-electron chi connectivity index (χ3n) is 3.39. The predicted octanol–water partition coefficient (Wildman–Crippen LogP) is 4.22. The van der Waals surface area contributed by atoms with Gasteiger partial charge in [-0.1, -0.05) is 24.3 Å². The van der Waals surface area contributed by atoms with E-state index in [1.165, 1.54) is 5.56 Å². The average molecular weight is 285 g/mol. The molecule has 3 heteroatoms. The third-order valence-corrected chi connectivity index (χ3v) is 3.39. The standard InChI is InChI=1S/C18H23NO2/c1-3-21-18-7-5-4-6-17(18)19-14(2)8-9-15-10-12-16(20)13-11-15/h4-7,10-14,19-20H,3,8-9H2,1-2H3. The molecule has 2 rings (SSSR count). The first-order chi connectivity index (χ1) is 10.2. The summed E-state index contributed by atoms with van der Waals surface area (Å²) in [4.78, 5) is 0. The summed E-state index contributed by atoms with van der Waals surface area (Å²) in [5.41, 5.74) is 2.28. The molecule has 2 aromatic carbocycles. The van der Waals surface area contributed by atoms with Gasteiger partial charge in [0.15, 0.2) is 0 Å². The summed E-state index contributed by atoms with van der Waals surface area (Å²) in [5.74, 6) is 1.21. The van der Waals surface area contributed by atoms with Gasteiger partial charge in [0.1, 0.15) is 11.5 Å². The van der Waals surface area contributed by atoms with E-state index in [0.29, 0.717) is 18.4 Å². The van der Waals surface area contributed by atoms with E-state index in [0.717, 1.165) is 24.3 Å². The lowest BCUT2D eigenvalue weighted by Gasteiger charge is -2.18. The van der Waals surface area contributed by atoms with Crippen LogP contribution in [0.5, 0.6) is 11.5 Å². The van der Waals surface area contributed by atoms with Gasteiger partial charge >= 0.3 is 0 Å². The Labute approximate surface area is 126 Å². The van der Waals surface area contributed by atoms with E-state index in [4.69, 9.17) is 4.74 Å². The van der Waals surface area contributed by atoms with Crippen molar-refractivity contribution in [3.63, 3.8) is 0 Å². The van der Waals surface area contributed by atoms with Crippen molar-refractivity contribution < 1.29 is 9.84 Å². The monoisotopic (exact) mass is 285 g/mol. The zero-order chi connectivity index (χ0) is 15.1. The van der Waals surface area contributed by atoms with Crippen LogP contribution in [-0.2, 0) is 6.42 Å². The largest absolute Gasteiger partial charge is 0.508 e. The molecule has 1 atom stereocenters. The van der Waals surface area contributed by atoms with Gasteiger partial charge in [0.2, 0.25) is 0 Å². The first-order valence-electron chi connectivity index (χ1n) is 7.45. The van der Waals surface area contributed by atoms with Crippen LogP contribution in [0.1, 0.15) is 25.8 Å². The van der Waals surface area contributed by atoms with E-state index in [1.54, 1.807) is 12.1 Å². The number of ether oxygens (including phenoxy) is 1. The SMILES string of the molecule is CCOc1ccccc1NC(C)CCc1ccc(O)cc1. The number of anilines is 1. The van der Waals surface area contributed by atoms with Crippen molar-refractivity contribution in [1.29, 1.82) is 0 Å². The predicted molar refractivity (Wildman–Crippen MR) is 87.1 cm³/mol. The van der Waals surface area contributed by atoms with E-state index in [-0.39, 0.29) is 0 Å². The number of hydrogen-bond donors (Lipinski definition) is 2. The molecule has 0 saturated heterocycles. The number of phenolic OH excluding ortho intramolecular Hbond substituents is 1. The van der Waals surface area contributed by atoms with Crippen LogP contribution >= 0.6 is 0 Å². The van der Waals surface area contributed by atoms with Gasteiger partial charge in [-0.3, -0.25) is 0 Å². The highest BCUT2D eigenvalue weighted by atomic mass is 16.5. The highest BCUT2D eigenvalue weighted by molar-refractivity contribution is 5.56. The lowest BCUT2D eigenvalue weighted by Crippen LogP contribution is -2.16. The molecule has 0 aliphatic heterocycles. The number of nitrogens with one attached hydrogen (secondary N) is 1. The van der Waals surface area contributed by atoms with Crippen LogP contribution in [0.25, 0.3) is 0 Å². The maximum Gasteiger partial charge on any atom is 0.142 e.